The van der Waals surface area contributed by atoms with Gasteiger partial charge < -0.3 is 4.42 Å². The van der Waals surface area contributed by atoms with Gasteiger partial charge >= 0.3 is 0 Å². The molecule has 0 saturated carbocycles. The van der Waals surface area contributed by atoms with E-state index in [-0.39, 0.29) is 0 Å². The lowest BCUT2D eigenvalue weighted by Gasteiger charge is -2.13. The van der Waals surface area contributed by atoms with E-state index >= 15 is 0 Å². The standard InChI is InChI=1S/C44H26N4O/c1-2-12-28(13-3-1)41-46-42(31-24-23-27-11-4-5-14-29(27)25-31)48-43(47-41)36-20-9-16-32-33(17-8-18-34(32)36)35-19-10-22-39-40(35)37-26-30-15-6-7-21-38(30)45-44(37)49-39/h1-26H. The van der Waals surface area contributed by atoms with Crippen molar-refractivity contribution in [1.29, 1.82) is 0 Å². The van der Waals surface area contributed by atoms with Crippen molar-refractivity contribution < 1.29 is 4.42 Å². The lowest BCUT2D eigenvalue weighted by Crippen LogP contribution is -2.00. The van der Waals surface area contributed by atoms with Crippen molar-refractivity contribution in [2.24, 2.45) is 0 Å². The molecule has 0 aliphatic carbocycles. The highest BCUT2D eigenvalue weighted by atomic mass is 16.3. The molecule has 228 valence electrons. The van der Waals surface area contributed by atoms with Crippen LogP contribution in [-0.2, 0) is 0 Å². The van der Waals surface area contributed by atoms with Gasteiger partial charge in [0.15, 0.2) is 17.5 Å². The third kappa shape index (κ3) is 4.55. The van der Waals surface area contributed by atoms with Gasteiger partial charge in [0.1, 0.15) is 5.58 Å². The largest absolute Gasteiger partial charge is 0.438 e. The molecule has 0 radical (unpaired) electrons. The van der Waals surface area contributed by atoms with Crippen LogP contribution in [0.25, 0.3) is 99.8 Å². The smallest absolute Gasteiger partial charge is 0.227 e. The van der Waals surface area contributed by atoms with Crippen molar-refractivity contribution in [3.63, 3.8) is 0 Å². The molecule has 3 aromatic heterocycles. The molecule has 0 aliphatic rings. The third-order valence-electron chi connectivity index (χ3n) is 9.32. The highest BCUT2D eigenvalue weighted by Crippen LogP contribution is 2.41. The minimum atomic E-state index is 0.627. The number of aromatic nitrogens is 4. The van der Waals surface area contributed by atoms with Crippen molar-refractivity contribution >= 4 is 54.5 Å². The Morgan fingerprint density at radius 1 is 0.367 bits per heavy atom. The maximum atomic E-state index is 6.33. The fourth-order valence-corrected chi connectivity index (χ4v) is 6.99. The summed E-state index contributed by atoms with van der Waals surface area (Å²) < 4.78 is 6.33. The highest BCUT2D eigenvalue weighted by molar-refractivity contribution is 6.17. The number of nitrogens with zero attached hydrogens (tertiary/aromatic N) is 4. The first-order valence-electron chi connectivity index (χ1n) is 16.3. The summed E-state index contributed by atoms with van der Waals surface area (Å²) >= 11 is 0. The number of pyridine rings is 1. The van der Waals surface area contributed by atoms with Crippen molar-refractivity contribution in [3.05, 3.63) is 158 Å². The minimum Gasteiger partial charge on any atom is -0.438 e. The van der Waals surface area contributed by atoms with Crippen molar-refractivity contribution in [3.8, 4) is 45.3 Å². The number of rotatable bonds is 4. The zero-order valence-electron chi connectivity index (χ0n) is 26.2. The van der Waals surface area contributed by atoms with Crippen LogP contribution >= 0.6 is 0 Å². The Kier molecular flexibility index (Phi) is 6.11. The second-order valence-corrected chi connectivity index (χ2v) is 12.3. The van der Waals surface area contributed by atoms with Crippen LogP contribution in [0, 0.1) is 0 Å². The number of hydrogen-bond acceptors (Lipinski definition) is 5. The molecule has 0 spiro atoms. The van der Waals surface area contributed by atoms with Crippen LogP contribution in [0.4, 0.5) is 0 Å². The van der Waals surface area contributed by atoms with Gasteiger partial charge in [-0.2, -0.15) is 0 Å². The highest BCUT2D eigenvalue weighted by Gasteiger charge is 2.19. The zero-order chi connectivity index (χ0) is 32.3. The second-order valence-electron chi connectivity index (χ2n) is 12.3. The summed E-state index contributed by atoms with van der Waals surface area (Å²) in [6.07, 6.45) is 0. The molecule has 0 saturated heterocycles. The Bertz CT molecular complexity index is 2890. The summed E-state index contributed by atoms with van der Waals surface area (Å²) in [5.41, 5.74) is 7.39. The number of furan rings is 1. The molecule has 5 heteroatoms. The van der Waals surface area contributed by atoms with E-state index in [2.05, 4.69) is 103 Å². The first-order chi connectivity index (χ1) is 24.3. The predicted octanol–water partition coefficient (Wildman–Crippen LogP) is 11.3. The molecule has 5 nitrogen and oxygen atoms in total. The lowest BCUT2D eigenvalue weighted by molar-refractivity contribution is 0.656. The lowest BCUT2D eigenvalue weighted by atomic mass is 9.93. The Labute approximate surface area is 281 Å². The average molecular weight is 627 g/mol. The molecule has 0 bridgehead atoms. The van der Waals surface area contributed by atoms with Crippen LogP contribution < -0.4 is 0 Å². The zero-order valence-corrected chi connectivity index (χ0v) is 26.2. The molecule has 49 heavy (non-hydrogen) atoms. The quantitative estimate of drug-likeness (QED) is 0.194. The van der Waals surface area contributed by atoms with Gasteiger partial charge in [-0.15, -0.1) is 0 Å². The van der Waals surface area contributed by atoms with E-state index in [0.717, 1.165) is 71.2 Å². The van der Waals surface area contributed by atoms with E-state index < -0.39 is 0 Å². The molecule has 0 amide bonds. The SMILES string of the molecule is c1ccc(-c2nc(-c3ccc4ccccc4c3)nc(-c3cccc4c(-c5cccc6oc7nc8ccccc8cc7c56)cccc34)n2)cc1. The summed E-state index contributed by atoms with van der Waals surface area (Å²) in [6, 6.07) is 54.2. The summed E-state index contributed by atoms with van der Waals surface area (Å²) in [6.45, 7) is 0. The van der Waals surface area contributed by atoms with Crippen molar-refractivity contribution in [2.45, 2.75) is 0 Å². The molecule has 7 aromatic carbocycles. The van der Waals surface area contributed by atoms with E-state index in [1.165, 1.54) is 5.39 Å². The van der Waals surface area contributed by atoms with Gasteiger partial charge in [-0.1, -0.05) is 133 Å². The predicted molar refractivity (Wildman–Crippen MR) is 199 cm³/mol. The van der Waals surface area contributed by atoms with Gasteiger partial charge in [-0.25, -0.2) is 19.9 Å². The topological polar surface area (TPSA) is 64.7 Å². The Hall–Kier alpha value is -6.72. The molecule has 0 fully saturated rings. The summed E-state index contributed by atoms with van der Waals surface area (Å²) in [5.74, 6) is 1.90. The number of benzene rings is 7. The maximum absolute atomic E-state index is 6.33. The van der Waals surface area contributed by atoms with Crippen LogP contribution in [-0.4, -0.2) is 19.9 Å². The van der Waals surface area contributed by atoms with Crippen LogP contribution in [0.3, 0.4) is 0 Å². The molecule has 0 aliphatic heterocycles. The van der Waals surface area contributed by atoms with Gasteiger partial charge in [0.25, 0.3) is 0 Å². The molecule has 3 heterocycles. The molecule has 10 rings (SSSR count). The molecule has 10 aromatic rings. The first kappa shape index (κ1) is 27.4. The monoisotopic (exact) mass is 626 g/mol. The molecule has 0 N–H and O–H groups in total. The van der Waals surface area contributed by atoms with E-state index in [0.29, 0.717) is 23.2 Å². The average Bonchev–Trinajstić information content (AvgIpc) is 3.54. The summed E-state index contributed by atoms with van der Waals surface area (Å²) in [5, 5.41) is 7.62. The maximum Gasteiger partial charge on any atom is 0.227 e. The van der Waals surface area contributed by atoms with Gasteiger partial charge in [0, 0.05) is 32.8 Å². The van der Waals surface area contributed by atoms with Gasteiger partial charge in [-0.05, 0) is 56.9 Å². The summed E-state index contributed by atoms with van der Waals surface area (Å²) in [4.78, 5) is 20.1. The summed E-state index contributed by atoms with van der Waals surface area (Å²) in [7, 11) is 0. The van der Waals surface area contributed by atoms with Crippen LogP contribution in [0.5, 0.6) is 0 Å². The van der Waals surface area contributed by atoms with Crippen LogP contribution in [0.2, 0.25) is 0 Å². The Balaban J connectivity index is 1.19. The second kappa shape index (κ2) is 10.9. The van der Waals surface area contributed by atoms with E-state index in [9.17, 15) is 0 Å². The third-order valence-corrected chi connectivity index (χ3v) is 9.32. The fraction of sp³-hybridized carbons (Fsp3) is 0. The van der Waals surface area contributed by atoms with E-state index in [4.69, 9.17) is 24.4 Å². The number of hydrogen-bond donors (Lipinski definition) is 0. The fourth-order valence-electron chi connectivity index (χ4n) is 6.99. The molecule has 0 atom stereocenters. The molecular formula is C44H26N4O. The van der Waals surface area contributed by atoms with Crippen LogP contribution in [0.15, 0.2) is 162 Å². The number of fused-ring (bicyclic) bond motifs is 6. The Morgan fingerprint density at radius 3 is 1.88 bits per heavy atom. The van der Waals surface area contributed by atoms with Crippen LogP contribution in [0.1, 0.15) is 0 Å². The minimum absolute atomic E-state index is 0.627. The van der Waals surface area contributed by atoms with Crippen molar-refractivity contribution in [2.75, 3.05) is 0 Å². The van der Waals surface area contributed by atoms with E-state index in [1.807, 2.05) is 54.6 Å². The van der Waals surface area contributed by atoms with Gasteiger partial charge in [0.05, 0.1) is 5.52 Å². The normalized spacial score (nSPS) is 11.7. The molecular weight excluding hydrogens is 601 g/mol. The van der Waals surface area contributed by atoms with E-state index in [1.54, 1.807) is 0 Å². The number of para-hydroxylation sites is 1. The van der Waals surface area contributed by atoms with Gasteiger partial charge in [-0.3, -0.25) is 0 Å². The Morgan fingerprint density at radius 2 is 1.02 bits per heavy atom. The molecule has 0 unspecified atom stereocenters. The first-order valence-corrected chi connectivity index (χ1v) is 16.3. The van der Waals surface area contributed by atoms with Crippen molar-refractivity contribution in [1.82, 2.24) is 19.9 Å². The van der Waals surface area contributed by atoms with Gasteiger partial charge in [0.2, 0.25) is 5.71 Å².